The van der Waals surface area contributed by atoms with Gasteiger partial charge in [-0.25, -0.2) is 4.98 Å². The topological polar surface area (TPSA) is 33.2 Å². The van der Waals surface area contributed by atoms with Gasteiger partial charge in [0.1, 0.15) is 10.4 Å². The lowest BCUT2D eigenvalue weighted by molar-refractivity contribution is -0.117. The summed E-state index contributed by atoms with van der Waals surface area (Å²) in [5, 5.41) is 0. The lowest BCUT2D eigenvalue weighted by Crippen LogP contribution is -2.25. The van der Waals surface area contributed by atoms with Crippen molar-refractivity contribution in [2.45, 2.75) is 6.42 Å². The number of anilines is 1. The second-order valence-corrected chi connectivity index (χ2v) is 5.67. The standard InChI is InChI=1S/C10H10Br2N2OS/c11-7-1-2-8(13-10(7)12)14-4-6(5-16)3-9(14)15/h1-2,6,16H,3-5H2. The summed E-state index contributed by atoms with van der Waals surface area (Å²) in [5.41, 5.74) is 0. The molecule has 16 heavy (non-hydrogen) atoms. The van der Waals surface area contributed by atoms with Gasteiger partial charge in [0.05, 0.1) is 4.47 Å². The number of carbonyl (C=O) groups excluding carboxylic acids is 1. The lowest BCUT2D eigenvalue weighted by atomic mass is 10.1. The van der Waals surface area contributed by atoms with E-state index in [1.165, 1.54) is 0 Å². The Morgan fingerprint density at radius 1 is 1.50 bits per heavy atom. The van der Waals surface area contributed by atoms with E-state index in [0.29, 0.717) is 29.3 Å². The van der Waals surface area contributed by atoms with Crippen LogP contribution < -0.4 is 4.90 Å². The molecule has 0 saturated carbocycles. The minimum absolute atomic E-state index is 0.126. The van der Waals surface area contributed by atoms with Crippen LogP contribution in [0.3, 0.4) is 0 Å². The predicted octanol–water partition coefficient (Wildman–Crippen LogP) is 2.89. The smallest absolute Gasteiger partial charge is 0.228 e. The number of rotatable bonds is 2. The maximum atomic E-state index is 11.8. The zero-order valence-corrected chi connectivity index (χ0v) is 12.4. The van der Waals surface area contributed by atoms with E-state index in [-0.39, 0.29) is 5.91 Å². The first-order valence-corrected chi connectivity index (χ1v) is 7.07. The van der Waals surface area contributed by atoms with Crippen molar-refractivity contribution in [3.8, 4) is 0 Å². The molecule has 1 amide bonds. The summed E-state index contributed by atoms with van der Waals surface area (Å²) in [5.74, 6) is 1.89. The Morgan fingerprint density at radius 3 is 2.81 bits per heavy atom. The summed E-state index contributed by atoms with van der Waals surface area (Å²) in [4.78, 5) is 17.8. The molecule has 1 saturated heterocycles. The number of pyridine rings is 1. The molecule has 1 unspecified atom stereocenters. The Labute approximate surface area is 116 Å². The van der Waals surface area contributed by atoms with Gasteiger partial charge in [0.25, 0.3) is 0 Å². The van der Waals surface area contributed by atoms with Crippen molar-refractivity contribution in [1.29, 1.82) is 0 Å². The zero-order valence-electron chi connectivity index (χ0n) is 8.36. The number of hydrogen-bond donors (Lipinski definition) is 1. The van der Waals surface area contributed by atoms with Crippen LogP contribution in [0.1, 0.15) is 6.42 Å². The summed E-state index contributed by atoms with van der Waals surface area (Å²) in [6, 6.07) is 3.72. The van der Waals surface area contributed by atoms with E-state index in [2.05, 4.69) is 49.5 Å². The van der Waals surface area contributed by atoms with Gasteiger partial charge in [-0.2, -0.15) is 12.6 Å². The van der Waals surface area contributed by atoms with Gasteiger partial charge in [-0.15, -0.1) is 0 Å². The number of thiol groups is 1. The van der Waals surface area contributed by atoms with Gasteiger partial charge < -0.3 is 0 Å². The fraction of sp³-hybridized carbons (Fsp3) is 0.400. The van der Waals surface area contributed by atoms with Crippen LogP contribution in [0.4, 0.5) is 5.82 Å². The molecular weight excluding hydrogens is 356 g/mol. The van der Waals surface area contributed by atoms with Crippen LogP contribution in [0.2, 0.25) is 0 Å². The molecule has 0 aromatic carbocycles. The van der Waals surface area contributed by atoms with Crippen LogP contribution in [0.15, 0.2) is 21.2 Å². The third-order valence-corrected chi connectivity index (χ3v) is 4.82. The number of aromatic nitrogens is 1. The molecule has 1 aliphatic heterocycles. The molecule has 2 heterocycles. The van der Waals surface area contributed by atoms with Gasteiger partial charge in [-0.05, 0) is 55.7 Å². The maximum Gasteiger partial charge on any atom is 0.228 e. The van der Waals surface area contributed by atoms with Crippen molar-refractivity contribution < 1.29 is 4.79 Å². The number of hydrogen-bond acceptors (Lipinski definition) is 3. The molecule has 1 aliphatic rings. The minimum atomic E-state index is 0.126. The van der Waals surface area contributed by atoms with Crippen LogP contribution in [-0.4, -0.2) is 23.2 Å². The molecule has 86 valence electrons. The molecule has 6 heteroatoms. The SMILES string of the molecule is O=C1CC(CS)CN1c1ccc(Br)c(Br)n1. The lowest BCUT2D eigenvalue weighted by Gasteiger charge is -2.15. The molecule has 2 rings (SSSR count). The summed E-state index contributed by atoms with van der Waals surface area (Å²) in [7, 11) is 0. The van der Waals surface area contributed by atoms with Gasteiger partial charge in [0.2, 0.25) is 5.91 Å². The average molecular weight is 366 g/mol. The van der Waals surface area contributed by atoms with Crippen molar-refractivity contribution in [3.63, 3.8) is 0 Å². The van der Waals surface area contributed by atoms with Crippen molar-refractivity contribution in [3.05, 3.63) is 21.2 Å². The van der Waals surface area contributed by atoms with E-state index < -0.39 is 0 Å². The molecule has 1 fully saturated rings. The van der Waals surface area contributed by atoms with Gasteiger partial charge in [0, 0.05) is 13.0 Å². The fourth-order valence-electron chi connectivity index (χ4n) is 1.68. The quantitative estimate of drug-likeness (QED) is 0.645. The second kappa shape index (κ2) is 5.06. The maximum absolute atomic E-state index is 11.8. The first-order chi connectivity index (χ1) is 7.61. The minimum Gasteiger partial charge on any atom is -0.296 e. The van der Waals surface area contributed by atoms with Crippen LogP contribution in [0.5, 0.6) is 0 Å². The highest BCUT2D eigenvalue weighted by Crippen LogP contribution is 2.28. The van der Waals surface area contributed by atoms with Crippen LogP contribution in [0, 0.1) is 5.92 Å². The molecule has 1 aromatic rings. The van der Waals surface area contributed by atoms with E-state index in [0.717, 1.165) is 10.2 Å². The molecule has 1 atom stereocenters. The predicted molar refractivity (Wildman–Crippen MR) is 74.0 cm³/mol. The van der Waals surface area contributed by atoms with Crippen molar-refractivity contribution in [1.82, 2.24) is 4.98 Å². The summed E-state index contributed by atoms with van der Waals surface area (Å²) in [6.07, 6.45) is 0.568. The molecule has 0 N–H and O–H groups in total. The molecule has 3 nitrogen and oxygen atoms in total. The number of amides is 1. The van der Waals surface area contributed by atoms with Crippen molar-refractivity contribution in [2.75, 3.05) is 17.2 Å². The van der Waals surface area contributed by atoms with Gasteiger partial charge in [-0.3, -0.25) is 9.69 Å². The highest BCUT2D eigenvalue weighted by atomic mass is 79.9. The van der Waals surface area contributed by atoms with E-state index in [4.69, 9.17) is 0 Å². The average Bonchev–Trinajstić information content (AvgIpc) is 2.64. The number of carbonyl (C=O) groups is 1. The Kier molecular flexibility index (Phi) is 3.92. The molecule has 0 aliphatic carbocycles. The Morgan fingerprint density at radius 2 is 2.25 bits per heavy atom. The molecular formula is C10H10Br2N2OS. The largest absolute Gasteiger partial charge is 0.296 e. The normalized spacial score (nSPS) is 20.6. The third kappa shape index (κ3) is 2.43. The Bertz CT molecular complexity index is 427. The van der Waals surface area contributed by atoms with Crippen molar-refractivity contribution >= 4 is 56.2 Å². The first-order valence-electron chi connectivity index (χ1n) is 4.85. The highest BCUT2D eigenvalue weighted by molar-refractivity contribution is 9.13. The number of nitrogens with zero attached hydrogens (tertiary/aromatic N) is 2. The van der Waals surface area contributed by atoms with Gasteiger partial charge in [0.15, 0.2) is 0 Å². The van der Waals surface area contributed by atoms with Crippen molar-refractivity contribution in [2.24, 2.45) is 5.92 Å². The van der Waals surface area contributed by atoms with E-state index in [1.54, 1.807) is 4.90 Å². The van der Waals surface area contributed by atoms with Gasteiger partial charge >= 0.3 is 0 Å². The summed E-state index contributed by atoms with van der Waals surface area (Å²) in [6.45, 7) is 0.712. The second-order valence-electron chi connectivity index (χ2n) is 3.70. The number of halogens is 2. The summed E-state index contributed by atoms with van der Waals surface area (Å²) < 4.78 is 1.60. The molecule has 1 aromatic heterocycles. The van der Waals surface area contributed by atoms with Crippen LogP contribution in [-0.2, 0) is 4.79 Å². The fourth-order valence-corrected chi connectivity index (χ4v) is 2.46. The molecule has 0 radical (unpaired) electrons. The summed E-state index contributed by atoms with van der Waals surface area (Å²) >= 11 is 10.9. The monoisotopic (exact) mass is 364 g/mol. The third-order valence-electron chi connectivity index (χ3n) is 2.53. The van der Waals surface area contributed by atoms with Crippen LogP contribution >= 0.6 is 44.5 Å². The Balaban J connectivity index is 2.24. The Hall–Kier alpha value is -0.0700. The zero-order chi connectivity index (χ0) is 11.7. The molecule has 0 bridgehead atoms. The van der Waals surface area contributed by atoms with E-state index in [1.807, 2.05) is 12.1 Å². The first kappa shape index (κ1) is 12.4. The molecule has 0 spiro atoms. The van der Waals surface area contributed by atoms with E-state index in [9.17, 15) is 4.79 Å². The highest BCUT2D eigenvalue weighted by Gasteiger charge is 2.30. The van der Waals surface area contributed by atoms with Gasteiger partial charge in [-0.1, -0.05) is 0 Å². The van der Waals surface area contributed by atoms with E-state index >= 15 is 0 Å². The van der Waals surface area contributed by atoms with Crippen LogP contribution in [0.25, 0.3) is 0 Å².